The Labute approximate surface area is 121 Å². The van der Waals surface area contributed by atoms with E-state index in [1.807, 2.05) is 31.2 Å². The van der Waals surface area contributed by atoms with Gasteiger partial charge in [0.05, 0.1) is 0 Å². The summed E-state index contributed by atoms with van der Waals surface area (Å²) in [5.74, 6) is 0.709. The van der Waals surface area contributed by atoms with Gasteiger partial charge in [-0.2, -0.15) is 0 Å². The fourth-order valence-corrected chi connectivity index (χ4v) is 1.60. The van der Waals surface area contributed by atoms with Crippen molar-refractivity contribution in [3.05, 3.63) is 29.8 Å². The molecule has 0 radical (unpaired) electrons. The minimum atomic E-state index is -0.0844. The van der Waals surface area contributed by atoms with Crippen LogP contribution in [-0.2, 0) is 11.2 Å². The van der Waals surface area contributed by atoms with Gasteiger partial charge in [-0.1, -0.05) is 32.0 Å². The van der Waals surface area contributed by atoms with Crippen LogP contribution in [0.3, 0.4) is 0 Å². The largest absolute Gasteiger partial charge is 0.483 e. The third kappa shape index (κ3) is 7.03. The lowest BCUT2D eigenvalue weighted by Crippen LogP contribution is -2.34. The zero-order valence-electron chi connectivity index (χ0n) is 11.6. The van der Waals surface area contributed by atoms with Crippen molar-refractivity contribution in [1.82, 2.24) is 10.6 Å². The summed E-state index contributed by atoms with van der Waals surface area (Å²) in [4.78, 5) is 11.5. The number of carbonyl (C=O) groups is 1. The monoisotopic (exact) mass is 286 g/mol. The highest BCUT2D eigenvalue weighted by Crippen LogP contribution is 2.17. The fraction of sp³-hybridized carbons (Fsp3) is 0.500. The topological polar surface area (TPSA) is 50.4 Å². The Bertz CT molecular complexity index is 372. The number of benzene rings is 1. The maximum Gasteiger partial charge on any atom is 0.257 e. The number of rotatable bonds is 8. The van der Waals surface area contributed by atoms with Crippen molar-refractivity contribution < 1.29 is 9.53 Å². The number of halogens is 1. The van der Waals surface area contributed by atoms with Crippen molar-refractivity contribution in [2.75, 3.05) is 26.2 Å². The van der Waals surface area contributed by atoms with E-state index in [4.69, 9.17) is 4.74 Å². The van der Waals surface area contributed by atoms with Crippen molar-refractivity contribution in [2.45, 2.75) is 20.3 Å². The maximum absolute atomic E-state index is 11.5. The second-order valence-electron chi connectivity index (χ2n) is 3.95. The third-order valence-corrected chi connectivity index (χ3v) is 2.59. The maximum atomic E-state index is 11.5. The Morgan fingerprint density at radius 2 is 1.95 bits per heavy atom. The lowest BCUT2D eigenvalue weighted by atomic mass is 10.1. The Balaban J connectivity index is 0.00000324. The first kappa shape index (κ1) is 17.7. The molecule has 0 aliphatic carbocycles. The SMILES string of the molecule is CCNCCNC(=O)COc1ccccc1CC.Cl. The normalized spacial score (nSPS) is 9.58. The summed E-state index contributed by atoms with van der Waals surface area (Å²) in [7, 11) is 0. The highest BCUT2D eigenvalue weighted by molar-refractivity contribution is 5.85. The summed E-state index contributed by atoms with van der Waals surface area (Å²) in [5.41, 5.74) is 1.12. The van der Waals surface area contributed by atoms with Gasteiger partial charge in [-0.25, -0.2) is 0 Å². The number of aryl methyl sites for hydroxylation is 1. The molecule has 0 aliphatic heterocycles. The van der Waals surface area contributed by atoms with Crippen molar-refractivity contribution in [3.8, 4) is 5.75 Å². The van der Waals surface area contributed by atoms with E-state index >= 15 is 0 Å². The molecule has 0 saturated carbocycles. The molecule has 0 unspecified atom stereocenters. The summed E-state index contributed by atoms with van der Waals surface area (Å²) in [5, 5.41) is 5.94. The second-order valence-corrected chi connectivity index (χ2v) is 3.95. The minimum Gasteiger partial charge on any atom is -0.483 e. The average molecular weight is 287 g/mol. The van der Waals surface area contributed by atoms with E-state index in [9.17, 15) is 4.79 Å². The van der Waals surface area contributed by atoms with Gasteiger partial charge in [0.15, 0.2) is 6.61 Å². The number of para-hydroxylation sites is 1. The van der Waals surface area contributed by atoms with E-state index in [0.717, 1.165) is 30.8 Å². The predicted molar refractivity (Wildman–Crippen MR) is 80.1 cm³/mol. The smallest absolute Gasteiger partial charge is 0.257 e. The molecule has 0 spiro atoms. The summed E-state index contributed by atoms with van der Waals surface area (Å²) in [6.07, 6.45) is 0.901. The van der Waals surface area contributed by atoms with E-state index in [2.05, 4.69) is 17.6 Å². The van der Waals surface area contributed by atoms with Crippen LogP contribution in [0.2, 0.25) is 0 Å². The van der Waals surface area contributed by atoms with Gasteiger partial charge in [-0.15, -0.1) is 12.4 Å². The molecule has 19 heavy (non-hydrogen) atoms. The quantitative estimate of drug-likeness (QED) is 0.716. The van der Waals surface area contributed by atoms with Gasteiger partial charge in [0, 0.05) is 13.1 Å². The van der Waals surface area contributed by atoms with Gasteiger partial charge in [0.2, 0.25) is 0 Å². The Hall–Kier alpha value is -1.26. The highest BCUT2D eigenvalue weighted by atomic mass is 35.5. The summed E-state index contributed by atoms with van der Waals surface area (Å²) in [6.45, 7) is 6.50. The van der Waals surface area contributed by atoms with E-state index in [-0.39, 0.29) is 24.9 Å². The molecule has 0 aliphatic rings. The molecule has 1 aromatic carbocycles. The van der Waals surface area contributed by atoms with Crippen LogP contribution in [-0.4, -0.2) is 32.1 Å². The van der Waals surface area contributed by atoms with Crippen LogP contribution in [0.1, 0.15) is 19.4 Å². The standard InChI is InChI=1S/C14H22N2O2.ClH/c1-3-12-7-5-6-8-13(12)18-11-14(17)16-10-9-15-4-2;/h5-8,15H,3-4,9-11H2,1-2H3,(H,16,17);1H. The fourth-order valence-electron chi connectivity index (χ4n) is 1.60. The molecule has 2 N–H and O–H groups in total. The molecular weight excluding hydrogens is 264 g/mol. The van der Waals surface area contributed by atoms with Crippen molar-refractivity contribution >= 4 is 18.3 Å². The molecule has 1 aromatic rings. The van der Waals surface area contributed by atoms with Gasteiger partial charge >= 0.3 is 0 Å². The lowest BCUT2D eigenvalue weighted by molar-refractivity contribution is -0.123. The molecule has 4 nitrogen and oxygen atoms in total. The van der Waals surface area contributed by atoms with Gasteiger partial charge in [0.25, 0.3) is 5.91 Å². The number of amides is 1. The highest BCUT2D eigenvalue weighted by Gasteiger charge is 2.04. The molecular formula is C14H23ClN2O2. The Morgan fingerprint density at radius 1 is 1.21 bits per heavy atom. The first-order valence-corrected chi connectivity index (χ1v) is 6.46. The lowest BCUT2D eigenvalue weighted by Gasteiger charge is -2.10. The van der Waals surface area contributed by atoms with Gasteiger partial charge in [-0.3, -0.25) is 4.79 Å². The third-order valence-electron chi connectivity index (χ3n) is 2.59. The predicted octanol–water partition coefficient (Wildman–Crippen LogP) is 1.78. The molecule has 0 heterocycles. The number of nitrogens with one attached hydrogen (secondary N) is 2. The summed E-state index contributed by atoms with van der Waals surface area (Å²) < 4.78 is 5.51. The first-order valence-electron chi connectivity index (χ1n) is 6.46. The summed E-state index contributed by atoms with van der Waals surface area (Å²) in [6, 6.07) is 7.79. The van der Waals surface area contributed by atoms with Crippen LogP contribution in [0.25, 0.3) is 0 Å². The molecule has 0 saturated heterocycles. The van der Waals surface area contributed by atoms with Crippen molar-refractivity contribution in [3.63, 3.8) is 0 Å². The molecule has 1 amide bonds. The van der Waals surface area contributed by atoms with Gasteiger partial charge in [-0.05, 0) is 24.6 Å². The number of hydrogen-bond donors (Lipinski definition) is 2. The molecule has 0 bridgehead atoms. The number of likely N-dealkylation sites (N-methyl/N-ethyl adjacent to an activating group) is 1. The van der Waals surface area contributed by atoms with Crippen LogP contribution in [0.15, 0.2) is 24.3 Å². The Kier molecular flexibility index (Phi) is 9.94. The van der Waals surface area contributed by atoms with Crippen LogP contribution < -0.4 is 15.4 Å². The molecule has 0 atom stereocenters. The van der Waals surface area contributed by atoms with Crippen LogP contribution in [0.4, 0.5) is 0 Å². The molecule has 0 fully saturated rings. The minimum absolute atomic E-state index is 0. The van der Waals surface area contributed by atoms with Crippen molar-refractivity contribution in [1.29, 1.82) is 0 Å². The molecule has 108 valence electrons. The Morgan fingerprint density at radius 3 is 2.63 bits per heavy atom. The average Bonchev–Trinajstić information content (AvgIpc) is 2.41. The van der Waals surface area contributed by atoms with E-state index < -0.39 is 0 Å². The van der Waals surface area contributed by atoms with Crippen LogP contribution in [0, 0.1) is 0 Å². The van der Waals surface area contributed by atoms with Crippen LogP contribution in [0.5, 0.6) is 5.75 Å². The second kappa shape index (κ2) is 10.6. The van der Waals surface area contributed by atoms with Gasteiger partial charge < -0.3 is 15.4 Å². The zero-order chi connectivity index (χ0) is 13.2. The molecule has 0 aromatic heterocycles. The van der Waals surface area contributed by atoms with Gasteiger partial charge in [0.1, 0.15) is 5.75 Å². The van der Waals surface area contributed by atoms with E-state index in [0.29, 0.717) is 6.54 Å². The number of hydrogen-bond acceptors (Lipinski definition) is 3. The van der Waals surface area contributed by atoms with E-state index in [1.165, 1.54) is 0 Å². The van der Waals surface area contributed by atoms with Crippen molar-refractivity contribution in [2.24, 2.45) is 0 Å². The summed E-state index contributed by atoms with van der Waals surface area (Å²) >= 11 is 0. The number of carbonyl (C=O) groups excluding carboxylic acids is 1. The first-order chi connectivity index (χ1) is 8.77. The molecule has 1 rings (SSSR count). The van der Waals surface area contributed by atoms with E-state index in [1.54, 1.807) is 0 Å². The van der Waals surface area contributed by atoms with Crippen LogP contribution >= 0.6 is 12.4 Å². The number of ether oxygens (including phenoxy) is 1. The zero-order valence-corrected chi connectivity index (χ0v) is 12.4. The molecule has 5 heteroatoms.